The minimum atomic E-state index is -4.15. The van der Waals surface area contributed by atoms with Gasteiger partial charge in [-0.1, -0.05) is 78.9 Å². The molecule has 212 valence electrons. The first-order valence-corrected chi connectivity index (χ1v) is 15.5. The van der Waals surface area contributed by atoms with Crippen molar-refractivity contribution in [3.05, 3.63) is 94.5 Å². The Kier molecular flexibility index (Phi) is 10.1. The summed E-state index contributed by atoms with van der Waals surface area (Å²) in [6.45, 7) is 1.19. The predicted molar refractivity (Wildman–Crippen MR) is 159 cm³/mol. The first-order valence-electron chi connectivity index (χ1n) is 13.3. The number of anilines is 1. The fourth-order valence-corrected chi connectivity index (χ4v) is 6.55. The van der Waals surface area contributed by atoms with Crippen LogP contribution in [0.25, 0.3) is 0 Å². The van der Waals surface area contributed by atoms with Gasteiger partial charge in [0, 0.05) is 22.6 Å². The molecule has 0 aromatic heterocycles. The van der Waals surface area contributed by atoms with E-state index in [1.807, 2.05) is 0 Å². The summed E-state index contributed by atoms with van der Waals surface area (Å²) in [4.78, 5) is 28.7. The van der Waals surface area contributed by atoms with E-state index in [1.54, 1.807) is 61.5 Å². The van der Waals surface area contributed by atoms with Crippen molar-refractivity contribution in [1.82, 2.24) is 10.2 Å². The van der Waals surface area contributed by atoms with E-state index in [0.29, 0.717) is 21.3 Å². The number of sulfonamides is 1. The third-order valence-electron chi connectivity index (χ3n) is 7.14. The Hall–Kier alpha value is -3.07. The second-order valence-electron chi connectivity index (χ2n) is 9.93. The molecule has 1 aliphatic carbocycles. The van der Waals surface area contributed by atoms with Gasteiger partial charge in [-0.15, -0.1) is 0 Å². The molecule has 3 aromatic rings. The van der Waals surface area contributed by atoms with Crippen molar-refractivity contribution in [2.24, 2.45) is 0 Å². The number of halogens is 2. The predicted octanol–water partition coefficient (Wildman–Crippen LogP) is 6.05. The summed E-state index contributed by atoms with van der Waals surface area (Å²) < 4.78 is 28.6. The zero-order valence-electron chi connectivity index (χ0n) is 22.3. The zero-order chi connectivity index (χ0) is 28.7. The molecule has 10 heteroatoms. The maximum absolute atomic E-state index is 14.0. The maximum Gasteiger partial charge on any atom is 0.264 e. The highest BCUT2D eigenvalue weighted by molar-refractivity contribution is 7.92. The third kappa shape index (κ3) is 7.36. The molecule has 4 rings (SSSR count). The smallest absolute Gasteiger partial charge is 0.264 e. The fourth-order valence-electron chi connectivity index (χ4n) is 4.82. The molecule has 0 aliphatic heterocycles. The lowest BCUT2D eigenvalue weighted by Gasteiger charge is -2.33. The largest absolute Gasteiger partial charge is 0.352 e. The van der Waals surface area contributed by atoms with Crippen LogP contribution in [-0.2, 0) is 26.2 Å². The van der Waals surface area contributed by atoms with E-state index in [9.17, 15) is 18.0 Å². The number of para-hydroxylation sites is 1. The number of rotatable bonds is 10. The van der Waals surface area contributed by atoms with Crippen LogP contribution in [0.1, 0.15) is 44.6 Å². The Morgan fingerprint density at radius 3 is 2.17 bits per heavy atom. The summed E-state index contributed by atoms with van der Waals surface area (Å²) in [6.07, 6.45) is 5.05. The van der Waals surface area contributed by atoms with Crippen LogP contribution >= 0.6 is 23.2 Å². The van der Waals surface area contributed by atoms with Gasteiger partial charge >= 0.3 is 0 Å². The molecule has 1 fully saturated rings. The number of nitrogens with one attached hydrogen (secondary N) is 1. The summed E-state index contributed by atoms with van der Waals surface area (Å²) in [5.74, 6) is -0.813. The lowest BCUT2D eigenvalue weighted by atomic mass is 9.95. The van der Waals surface area contributed by atoms with Crippen molar-refractivity contribution in [2.45, 2.75) is 62.6 Å². The topological polar surface area (TPSA) is 86.8 Å². The molecule has 7 nitrogen and oxygen atoms in total. The van der Waals surface area contributed by atoms with Gasteiger partial charge in [0.15, 0.2) is 0 Å². The Balaban J connectivity index is 1.66. The first-order chi connectivity index (χ1) is 19.2. The molecule has 0 heterocycles. The number of carbonyl (C=O) groups is 2. The van der Waals surface area contributed by atoms with Gasteiger partial charge in [0.25, 0.3) is 10.0 Å². The summed E-state index contributed by atoms with van der Waals surface area (Å²) in [5.41, 5.74) is 0.976. The monoisotopic (exact) mass is 601 g/mol. The number of amides is 2. The molecular weight excluding hydrogens is 569 g/mol. The highest BCUT2D eigenvalue weighted by Gasteiger charge is 2.33. The van der Waals surface area contributed by atoms with Crippen molar-refractivity contribution in [2.75, 3.05) is 10.8 Å². The lowest BCUT2D eigenvalue weighted by molar-refractivity contribution is -0.139. The minimum Gasteiger partial charge on any atom is -0.352 e. The van der Waals surface area contributed by atoms with Gasteiger partial charge in [0.05, 0.1) is 10.6 Å². The molecule has 1 saturated carbocycles. The number of nitrogens with zero attached hydrogens (tertiary/aromatic N) is 2. The van der Waals surface area contributed by atoms with Gasteiger partial charge in [-0.2, -0.15) is 0 Å². The molecule has 1 N–H and O–H groups in total. The SMILES string of the molecule is CC(C(=O)NC1CCCCC1)N(Cc1ccccc1Cl)C(=O)CN(c1ccccc1)S(=O)(=O)c1ccc(Cl)cc1. The van der Waals surface area contributed by atoms with Gasteiger partial charge in [-0.05, 0) is 67.8 Å². The van der Waals surface area contributed by atoms with Crippen LogP contribution in [0.4, 0.5) is 5.69 Å². The maximum atomic E-state index is 14.0. The van der Waals surface area contributed by atoms with E-state index in [0.717, 1.165) is 36.4 Å². The Morgan fingerprint density at radius 2 is 1.52 bits per heavy atom. The van der Waals surface area contributed by atoms with E-state index in [2.05, 4.69) is 5.32 Å². The van der Waals surface area contributed by atoms with Crippen molar-refractivity contribution >= 4 is 50.7 Å². The number of benzene rings is 3. The summed E-state index contributed by atoms with van der Waals surface area (Å²) >= 11 is 12.4. The van der Waals surface area contributed by atoms with Crippen LogP contribution in [0.15, 0.2) is 83.8 Å². The van der Waals surface area contributed by atoms with Crippen molar-refractivity contribution in [1.29, 1.82) is 0 Å². The van der Waals surface area contributed by atoms with Crippen LogP contribution in [0.5, 0.6) is 0 Å². The first kappa shape index (κ1) is 29.9. The quantitative estimate of drug-likeness (QED) is 0.306. The van der Waals surface area contributed by atoms with Gasteiger partial charge in [-0.3, -0.25) is 13.9 Å². The number of hydrogen-bond donors (Lipinski definition) is 1. The average Bonchev–Trinajstić information content (AvgIpc) is 2.96. The van der Waals surface area contributed by atoms with Gasteiger partial charge in [0.1, 0.15) is 12.6 Å². The Bertz CT molecular complexity index is 1410. The van der Waals surface area contributed by atoms with E-state index in [4.69, 9.17) is 23.2 Å². The second kappa shape index (κ2) is 13.5. The van der Waals surface area contributed by atoms with Crippen LogP contribution in [0, 0.1) is 0 Å². The molecule has 0 saturated heterocycles. The molecular formula is C30H33Cl2N3O4S. The number of hydrogen-bond acceptors (Lipinski definition) is 4. The average molecular weight is 603 g/mol. The van der Waals surface area contributed by atoms with Crippen molar-refractivity contribution < 1.29 is 18.0 Å². The summed E-state index contributed by atoms with van der Waals surface area (Å²) in [6, 6.07) is 20.5. The zero-order valence-corrected chi connectivity index (χ0v) is 24.6. The lowest BCUT2D eigenvalue weighted by Crippen LogP contribution is -2.53. The summed E-state index contributed by atoms with van der Waals surface area (Å²) in [7, 11) is -4.15. The minimum absolute atomic E-state index is 0.00528. The second-order valence-corrected chi connectivity index (χ2v) is 12.6. The molecule has 1 unspecified atom stereocenters. The molecule has 0 bridgehead atoms. The Labute approximate surface area is 246 Å². The molecule has 1 aliphatic rings. The normalized spacial score (nSPS) is 14.8. The molecule has 3 aromatic carbocycles. The van der Waals surface area contributed by atoms with Crippen LogP contribution in [0.3, 0.4) is 0 Å². The van der Waals surface area contributed by atoms with Gasteiger partial charge < -0.3 is 10.2 Å². The summed E-state index contributed by atoms with van der Waals surface area (Å²) in [5, 5.41) is 3.94. The third-order valence-corrected chi connectivity index (χ3v) is 9.55. The van der Waals surface area contributed by atoms with Gasteiger partial charge in [-0.25, -0.2) is 8.42 Å². The van der Waals surface area contributed by atoms with E-state index in [-0.39, 0.29) is 23.4 Å². The van der Waals surface area contributed by atoms with Crippen molar-refractivity contribution in [3.63, 3.8) is 0 Å². The highest BCUT2D eigenvalue weighted by atomic mass is 35.5. The molecule has 0 radical (unpaired) electrons. The van der Waals surface area contributed by atoms with E-state index < -0.39 is 28.5 Å². The fraction of sp³-hybridized carbons (Fsp3) is 0.333. The van der Waals surface area contributed by atoms with Gasteiger partial charge in [0.2, 0.25) is 11.8 Å². The molecule has 2 amide bonds. The molecule has 40 heavy (non-hydrogen) atoms. The number of carbonyl (C=O) groups excluding carboxylic acids is 2. The van der Waals surface area contributed by atoms with Crippen LogP contribution in [-0.4, -0.2) is 43.8 Å². The highest BCUT2D eigenvalue weighted by Crippen LogP contribution is 2.26. The van der Waals surface area contributed by atoms with Crippen LogP contribution < -0.4 is 9.62 Å². The van der Waals surface area contributed by atoms with Crippen molar-refractivity contribution in [3.8, 4) is 0 Å². The standard InChI is InChI=1S/C30H33Cl2N3O4S/c1-22(30(37)33-25-11-4-2-5-12-25)34(20-23-10-8-9-15-28(23)32)29(36)21-35(26-13-6-3-7-14-26)40(38,39)27-18-16-24(31)17-19-27/h3,6-10,13-19,22,25H,2,4-5,11-12,20-21H2,1H3,(H,33,37). The molecule has 0 spiro atoms. The van der Waals surface area contributed by atoms with E-state index >= 15 is 0 Å². The Morgan fingerprint density at radius 1 is 0.900 bits per heavy atom. The van der Waals surface area contributed by atoms with Crippen LogP contribution in [0.2, 0.25) is 10.0 Å². The molecule has 1 atom stereocenters. The van der Waals surface area contributed by atoms with E-state index in [1.165, 1.54) is 29.2 Å².